The number of nitrogens with one attached hydrogen (secondary N) is 1. The first-order chi connectivity index (χ1) is 10.6. The van der Waals surface area contributed by atoms with Gasteiger partial charge in [-0.15, -0.1) is 0 Å². The van der Waals surface area contributed by atoms with Crippen LogP contribution in [0.15, 0.2) is 48.8 Å². The molecule has 0 unspecified atom stereocenters. The van der Waals surface area contributed by atoms with Crippen LogP contribution in [0.3, 0.4) is 0 Å². The highest BCUT2D eigenvalue weighted by Crippen LogP contribution is 2.10. The number of anilines is 1. The Kier molecular flexibility index (Phi) is 4.83. The molecule has 0 radical (unpaired) electrons. The Bertz CT molecular complexity index is 706. The third kappa shape index (κ3) is 3.90. The standard InChI is InChI=1S/C16H13N3O3/c1-11(22-16(21)13-6-8-18-9-7-13)15(20)19-14-4-2-12(10-17)3-5-14/h2-9,11H,1H3,(H,19,20)/t11-/m1/s1. The predicted molar refractivity (Wildman–Crippen MR) is 78.9 cm³/mol. The highest BCUT2D eigenvalue weighted by molar-refractivity contribution is 5.97. The number of hydrogen-bond donors (Lipinski definition) is 1. The fraction of sp³-hybridized carbons (Fsp3) is 0.125. The fourth-order valence-electron chi connectivity index (χ4n) is 1.64. The Balaban J connectivity index is 1.94. The maximum absolute atomic E-state index is 12.0. The van der Waals surface area contributed by atoms with Gasteiger partial charge in [-0.2, -0.15) is 5.26 Å². The summed E-state index contributed by atoms with van der Waals surface area (Å²) in [6, 6.07) is 11.4. The lowest BCUT2D eigenvalue weighted by molar-refractivity contribution is -0.123. The molecule has 0 aliphatic carbocycles. The molecule has 1 aromatic carbocycles. The number of benzene rings is 1. The average Bonchev–Trinajstić information content (AvgIpc) is 2.56. The van der Waals surface area contributed by atoms with E-state index in [1.807, 2.05) is 6.07 Å². The van der Waals surface area contributed by atoms with Crippen LogP contribution < -0.4 is 5.32 Å². The maximum Gasteiger partial charge on any atom is 0.339 e. The van der Waals surface area contributed by atoms with Gasteiger partial charge < -0.3 is 10.1 Å². The molecule has 1 atom stereocenters. The van der Waals surface area contributed by atoms with E-state index in [0.29, 0.717) is 16.8 Å². The number of aromatic nitrogens is 1. The van der Waals surface area contributed by atoms with Crippen LogP contribution in [0.25, 0.3) is 0 Å². The molecule has 2 aromatic rings. The lowest BCUT2D eigenvalue weighted by Gasteiger charge is -2.13. The number of nitriles is 1. The average molecular weight is 295 g/mol. The molecule has 1 N–H and O–H groups in total. The molecule has 110 valence electrons. The van der Waals surface area contributed by atoms with Crippen molar-refractivity contribution in [3.05, 3.63) is 59.9 Å². The van der Waals surface area contributed by atoms with Crippen LogP contribution in [-0.2, 0) is 9.53 Å². The molecular formula is C16H13N3O3. The van der Waals surface area contributed by atoms with Crippen LogP contribution in [-0.4, -0.2) is 23.0 Å². The van der Waals surface area contributed by atoms with Gasteiger partial charge in [0.25, 0.3) is 5.91 Å². The number of ether oxygens (including phenoxy) is 1. The van der Waals surface area contributed by atoms with Crippen molar-refractivity contribution in [1.82, 2.24) is 4.98 Å². The summed E-state index contributed by atoms with van der Waals surface area (Å²) in [6.07, 6.45) is 1.99. The largest absolute Gasteiger partial charge is 0.449 e. The minimum atomic E-state index is -0.948. The third-order valence-electron chi connectivity index (χ3n) is 2.85. The summed E-state index contributed by atoms with van der Waals surface area (Å²) in [5, 5.41) is 11.3. The van der Waals surface area contributed by atoms with Crippen molar-refractivity contribution < 1.29 is 14.3 Å². The SMILES string of the molecule is C[C@@H](OC(=O)c1ccncc1)C(=O)Nc1ccc(C#N)cc1. The van der Waals surface area contributed by atoms with Crippen molar-refractivity contribution in [3.8, 4) is 6.07 Å². The summed E-state index contributed by atoms with van der Waals surface area (Å²) in [6.45, 7) is 1.48. The van der Waals surface area contributed by atoms with Gasteiger partial charge in [0, 0.05) is 18.1 Å². The van der Waals surface area contributed by atoms with Crippen LogP contribution in [0.4, 0.5) is 5.69 Å². The second kappa shape index (κ2) is 6.99. The summed E-state index contributed by atoms with van der Waals surface area (Å²) in [5.74, 6) is -1.04. The Labute approximate surface area is 127 Å². The van der Waals surface area contributed by atoms with Gasteiger partial charge in [-0.1, -0.05) is 0 Å². The summed E-state index contributed by atoms with van der Waals surface area (Å²) < 4.78 is 5.08. The number of carbonyl (C=O) groups is 2. The number of rotatable bonds is 4. The molecule has 0 bridgehead atoms. The summed E-state index contributed by atoms with van der Waals surface area (Å²) in [4.78, 5) is 27.6. The molecule has 6 nitrogen and oxygen atoms in total. The van der Waals surface area contributed by atoms with E-state index < -0.39 is 18.0 Å². The topological polar surface area (TPSA) is 92.1 Å². The zero-order valence-electron chi connectivity index (χ0n) is 11.8. The van der Waals surface area contributed by atoms with Gasteiger partial charge in [-0.05, 0) is 43.3 Å². The molecule has 0 saturated carbocycles. The quantitative estimate of drug-likeness (QED) is 0.872. The fourth-order valence-corrected chi connectivity index (χ4v) is 1.64. The van der Waals surface area contributed by atoms with E-state index in [2.05, 4.69) is 10.3 Å². The Morgan fingerprint density at radius 2 is 1.82 bits per heavy atom. The first kappa shape index (κ1) is 15.2. The van der Waals surface area contributed by atoms with E-state index in [1.54, 1.807) is 24.3 Å². The lowest BCUT2D eigenvalue weighted by Crippen LogP contribution is -2.30. The molecule has 0 aliphatic rings. The summed E-state index contributed by atoms with van der Waals surface area (Å²) in [7, 11) is 0. The molecule has 0 spiro atoms. The van der Waals surface area contributed by atoms with Crippen LogP contribution in [0, 0.1) is 11.3 Å². The summed E-state index contributed by atoms with van der Waals surface area (Å²) >= 11 is 0. The number of hydrogen-bond acceptors (Lipinski definition) is 5. The highest BCUT2D eigenvalue weighted by Gasteiger charge is 2.18. The number of esters is 1. The van der Waals surface area contributed by atoms with Gasteiger partial charge in [0.2, 0.25) is 0 Å². The molecule has 22 heavy (non-hydrogen) atoms. The number of pyridine rings is 1. The zero-order valence-corrected chi connectivity index (χ0v) is 11.8. The van der Waals surface area contributed by atoms with Crippen molar-refractivity contribution in [3.63, 3.8) is 0 Å². The number of carbonyl (C=O) groups excluding carboxylic acids is 2. The Morgan fingerprint density at radius 3 is 2.41 bits per heavy atom. The number of amides is 1. The molecule has 0 fully saturated rings. The van der Waals surface area contributed by atoms with Crippen molar-refractivity contribution in [2.45, 2.75) is 13.0 Å². The predicted octanol–water partition coefficient (Wildman–Crippen LogP) is 2.14. The molecule has 1 heterocycles. The van der Waals surface area contributed by atoms with E-state index in [4.69, 9.17) is 10.00 Å². The first-order valence-corrected chi connectivity index (χ1v) is 6.52. The van der Waals surface area contributed by atoms with Gasteiger partial charge in [0.1, 0.15) is 0 Å². The van der Waals surface area contributed by atoms with Gasteiger partial charge in [-0.25, -0.2) is 4.79 Å². The second-order valence-electron chi connectivity index (χ2n) is 4.46. The lowest BCUT2D eigenvalue weighted by atomic mass is 10.2. The van der Waals surface area contributed by atoms with Crippen LogP contribution >= 0.6 is 0 Å². The highest BCUT2D eigenvalue weighted by atomic mass is 16.5. The third-order valence-corrected chi connectivity index (χ3v) is 2.85. The Morgan fingerprint density at radius 1 is 1.18 bits per heavy atom. The van der Waals surface area contributed by atoms with E-state index in [0.717, 1.165) is 0 Å². The molecule has 0 aliphatic heterocycles. The maximum atomic E-state index is 12.0. The van der Waals surface area contributed by atoms with Crippen LogP contribution in [0.1, 0.15) is 22.8 Å². The van der Waals surface area contributed by atoms with Crippen LogP contribution in [0.5, 0.6) is 0 Å². The van der Waals surface area contributed by atoms with Gasteiger partial charge in [-0.3, -0.25) is 9.78 Å². The van der Waals surface area contributed by atoms with Crippen molar-refractivity contribution in [2.24, 2.45) is 0 Å². The van der Waals surface area contributed by atoms with Gasteiger partial charge in [0.15, 0.2) is 6.10 Å². The van der Waals surface area contributed by atoms with E-state index >= 15 is 0 Å². The van der Waals surface area contributed by atoms with Gasteiger partial charge in [0.05, 0.1) is 17.2 Å². The smallest absolute Gasteiger partial charge is 0.339 e. The van der Waals surface area contributed by atoms with E-state index in [9.17, 15) is 9.59 Å². The second-order valence-corrected chi connectivity index (χ2v) is 4.46. The van der Waals surface area contributed by atoms with Crippen molar-refractivity contribution in [1.29, 1.82) is 5.26 Å². The van der Waals surface area contributed by atoms with Gasteiger partial charge >= 0.3 is 5.97 Å². The molecule has 2 rings (SSSR count). The molecule has 1 aromatic heterocycles. The van der Waals surface area contributed by atoms with Crippen LogP contribution in [0.2, 0.25) is 0 Å². The van der Waals surface area contributed by atoms with Crippen molar-refractivity contribution >= 4 is 17.6 Å². The van der Waals surface area contributed by atoms with Crippen molar-refractivity contribution in [2.75, 3.05) is 5.32 Å². The number of nitrogens with zero attached hydrogens (tertiary/aromatic N) is 2. The normalized spacial score (nSPS) is 11.1. The monoisotopic (exact) mass is 295 g/mol. The minimum absolute atomic E-state index is 0.327. The zero-order chi connectivity index (χ0) is 15.9. The minimum Gasteiger partial charge on any atom is -0.449 e. The molecule has 1 amide bonds. The van der Waals surface area contributed by atoms with E-state index in [-0.39, 0.29) is 0 Å². The Hall–Kier alpha value is -3.20. The van der Waals surface area contributed by atoms with E-state index in [1.165, 1.54) is 31.5 Å². The molecule has 6 heteroatoms. The summed E-state index contributed by atoms with van der Waals surface area (Å²) in [5.41, 5.74) is 1.35. The first-order valence-electron chi connectivity index (χ1n) is 6.52. The molecule has 0 saturated heterocycles. The molecular weight excluding hydrogens is 282 g/mol.